The Bertz CT molecular complexity index is 363. The first-order chi connectivity index (χ1) is 7.15. The summed E-state index contributed by atoms with van der Waals surface area (Å²) < 4.78 is 0. The summed E-state index contributed by atoms with van der Waals surface area (Å²) in [6, 6.07) is 1.08. The molecule has 0 aromatic heterocycles. The van der Waals surface area contributed by atoms with E-state index in [1.807, 2.05) is 0 Å². The minimum Gasteiger partial charge on any atom is -0.365 e. The summed E-state index contributed by atoms with van der Waals surface area (Å²) in [6.45, 7) is 17.6. The minimum atomic E-state index is 0.0258. The monoisotopic (exact) mass is 222 g/mol. The maximum atomic E-state index is 4.77. The standard InChI is InChI=1S/C14H26N2/c1-9(2)16(10(3)4)13-11(5)12(13)15-14(6,7)8/h9-10H,1-8H3. The lowest BCUT2D eigenvalue weighted by Crippen LogP contribution is -2.36. The average Bonchev–Trinajstić information content (AvgIpc) is 2.58. The van der Waals surface area contributed by atoms with Crippen molar-refractivity contribution < 1.29 is 0 Å². The van der Waals surface area contributed by atoms with Crippen LogP contribution in [0.3, 0.4) is 0 Å². The number of rotatable bonds is 3. The molecule has 0 aliphatic heterocycles. The lowest BCUT2D eigenvalue weighted by atomic mass is 10.1. The van der Waals surface area contributed by atoms with Crippen molar-refractivity contribution in [2.75, 3.05) is 4.90 Å². The predicted molar refractivity (Wildman–Crippen MR) is 71.6 cm³/mol. The first-order valence-electron chi connectivity index (χ1n) is 6.25. The molecule has 1 rings (SSSR count). The molecular formula is C14H26N2. The summed E-state index contributed by atoms with van der Waals surface area (Å²) in [4.78, 5) is 7.23. The molecule has 0 atom stereocenters. The number of anilines is 1. The van der Waals surface area contributed by atoms with E-state index in [0.717, 1.165) is 0 Å². The van der Waals surface area contributed by atoms with Crippen molar-refractivity contribution >= 4 is 5.69 Å². The fraction of sp³-hybridized carbons (Fsp3) is 0.786. The summed E-state index contributed by atoms with van der Waals surface area (Å²) in [5, 5.41) is 1.23. The molecule has 0 fully saturated rings. The lowest BCUT2D eigenvalue weighted by molar-refractivity contribution is 0.567. The van der Waals surface area contributed by atoms with Crippen LogP contribution in [0.4, 0.5) is 5.69 Å². The highest BCUT2D eigenvalue weighted by molar-refractivity contribution is 5.66. The van der Waals surface area contributed by atoms with Gasteiger partial charge < -0.3 is 4.90 Å². The molecule has 0 radical (unpaired) electrons. The van der Waals surface area contributed by atoms with Gasteiger partial charge in [-0.15, -0.1) is 0 Å². The number of hydrogen-bond donors (Lipinski definition) is 0. The molecule has 0 bridgehead atoms. The van der Waals surface area contributed by atoms with Crippen molar-refractivity contribution in [2.45, 2.75) is 73.0 Å². The van der Waals surface area contributed by atoms with Crippen molar-refractivity contribution in [1.82, 2.24) is 0 Å². The van der Waals surface area contributed by atoms with E-state index in [9.17, 15) is 0 Å². The summed E-state index contributed by atoms with van der Waals surface area (Å²) >= 11 is 0. The van der Waals surface area contributed by atoms with Gasteiger partial charge in [0.1, 0.15) is 0 Å². The van der Waals surface area contributed by atoms with E-state index in [1.165, 1.54) is 16.6 Å². The summed E-state index contributed by atoms with van der Waals surface area (Å²) in [7, 11) is 0. The van der Waals surface area contributed by atoms with Gasteiger partial charge in [-0.1, -0.05) is 0 Å². The molecule has 0 aliphatic carbocycles. The SMILES string of the molecule is Cc1c(N(C(C)C)C(C)C)c1=NC(C)(C)C. The van der Waals surface area contributed by atoms with Crippen LogP contribution in [0.25, 0.3) is 0 Å². The molecule has 0 saturated carbocycles. The molecule has 16 heavy (non-hydrogen) atoms. The second-order valence-electron chi connectivity index (χ2n) is 6.20. The van der Waals surface area contributed by atoms with Gasteiger partial charge in [-0.3, -0.25) is 4.99 Å². The van der Waals surface area contributed by atoms with Crippen molar-refractivity contribution in [1.29, 1.82) is 0 Å². The van der Waals surface area contributed by atoms with Crippen LogP contribution in [-0.2, 0) is 0 Å². The molecule has 0 N–H and O–H groups in total. The van der Waals surface area contributed by atoms with Gasteiger partial charge in [-0.25, -0.2) is 0 Å². The lowest BCUT2D eigenvalue weighted by Gasteiger charge is -2.30. The first kappa shape index (κ1) is 13.3. The molecule has 0 spiro atoms. The van der Waals surface area contributed by atoms with Crippen molar-refractivity contribution in [3.8, 4) is 0 Å². The fourth-order valence-electron chi connectivity index (χ4n) is 2.16. The minimum absolute atomic E-state index is 0.0258. The van der Waals surface area contributed by atoms with Crippen LogP contribution in [0.5, 0.6) is 0 Å². The number of hydrogen-bond acceptors (Lipinski definition) is 2. The third-order valence-electron chi connectivity index (χ3n) is 2.69. The Kier molecular flexibility index (Phi) is 3.51. The zero-order valence-electron chi connectivity index (χ0n) is 12.0. The zero-order valence-corrected chi connectivity index (χ0v) is 12.0. The smallest absolute Gasteiger partial charge is 0.0868 e. The van der Waals surface area contributed by atoms with Gasteiger partial charge in [0.25, 0.3) is 0 Å². The van der Waals surface area contributed by atoms with E-state index in [4.69, 9.17) is 4.99 Å². The molecule has 1 aromatic carbocycles. The Balaban J connectivity index is 3.03. The Morgan fingerprint density at radius 1 is 1.00 bits per heavy atom. The highest BCUT2D eigenvalue weighted by atomic mass is 15.2. The van der Waals surface area contributed by atoms with Gasteiger partial charge >= 0.3 is 0 Å². The predicted octanol–water partition coefficient (Wildman–Crippen LogP) is 3.19. The summed E-state index contributed by atoms with van der Waals surface area (Å²) in [5.74, 6) is 0. The Hall–Kier alpha value is -0.790. The maximum Gasteiger partial charge on any atom is 0.0868 e. The number of nitrogens with zero attached hydrogens (tertiary/aromatic N) is 2. The van der Waals surface area contributed by atoms with E-state index < -0.39 is 0 Å². The molecule has 0 heterocycles. The summed E-state index contributed by atoms with van der Waals surface area (Å²) in [6.07, 6.45) is 0. The van der Waals surface area contributed by atoms with Gasteiger partial charge in [-0.2, -0.15) is 0 Å². The molecule has 0 amide bonds. The maximum absolute atomic E-state index is 4.77. The molecule has 0 aliphatic rings. The van der Waals surface area contributed by atoms with Crippen LogP contribution >= 0.6 is 0 Å². The molecule has 92 valence electrons. The molecular weight excluding hydrogens is 196 g/mol. The van der Waals surface area contributed by atoms with Gasteiger partial charge in [0.15, 0.2) is 0 Å². The second kappa shape index (κ2) is 4.23. The quantitative estimate of drug-likeness (QED) is 0.767. The zero-order chi connectivity index (χ0) is 12.7. The normalized spacial score (nSPS) is 14.5. The fourth-order valence-corrected chi connectivity index (χ4v) is 2.16. The topological polar surface area (TPSA) is 15.6 Å². The van der Waals surface area contributed by atoms with Gasteiger partial charge in [0, 0.05) is 17.6 Å². The van der Waals surface area contributed by atoms with Gasteiger partial charge in [0.2, 0.25) is 0 Å². The van der Waals surface area contributed by atoms with Crippen LogP contribution < -0.4 is 10.3 Å². The molecule has 0 unspecified atom stereocenters. The Morgan fingerprint density at radius 3 is 1.75 bits per heavy atom. The second-order valence-corrected chi connectivity index (χ2v) is 6.20. The van der Waals surface area contributed by atoms with Crippen LogP contribution in [0, 0.1) is 6.92 Å². The van der Waals surface area contributed by atoms with E-state index in [-0.39, 0.29) is 5.54 Å². The highest BCUT2D eigenvalue weighted by Gasteiger charge is 2.27. The van der Waals surface area contributed by atoms with E-state index in [1.54, 1.807) is 0 Å². The van der Waals surface area contributed by atoms with Crippen molar-refractivity contribution in [3.05, 3.63) is 10.9 Å². The van der Waals surface area contributed by atoms with Crippen LogP contribution in [0.2, 0.25) is 0 Å². The van der Waals surface area contributed by atoms with E-state index in [0.29, 0.717) is 12.1 Å². The Labute approximate surface area is 100 Å². The van der Waals surface area contributed by atoms with Crippen molar-refractivity contribution in [2.24, 2.45) is 4.99 Å². The van der Waals surface area contributed by atoms with E-state index in [2.05, 4.69) is 60.3 Å². The van der Waals surface area contributed by atoms with Crippen molar-refractivity contribution in [3.63, 3.8) is 0 Å². The van der Waals surface area contributed by atoms with Gasteiger partial charge in [0.05, 0.1) is 16.6 Å². The third kappa shape index (κ3) is 2.87. The highest BCUT2D eigenvalue weighted by Crippen LogP contribution is 2.26. The molecule has 0 saturated heterocycles. The van der Waals surface area contributed by atoms with Crippen LogP contribution in [0.15, 0.2) is 4.99 Å². The summed E-state index contributed by atoms with van der Waals surface area (Å²) in [5.41, 5.74) is 2.77. The average molecular weight is 222 g/mol. The molecule has 2 heteroatoms. The first-order valence-corrected chi connectivity index (χ1v) is 6.25. The van der Waals surface area contributed by atoms with E-state index >= 15 is 0 Å². The van der Waals surface area contributed by atoms with Crippen LogP contribution in [0.1, 0.15) is 54.0 Å². The molecule has 1 aromatic rings. The largest absolute Gasteiger partial charge is 0.365 e. The third-order valence-corrected chi connectivity index (χ3v) is 2.69. The molecule has 2 nitrogen and oxygen atoms in total. The van der Waals surface area contributed by atoms with Crippen LogP contribution in [-0.4, -0.2) is 17.6 Å². The Morgan fingerprint density at radius 2 is 1.44 bits per heavy atom. The van der Waals surface area contributed by atoms with Gasteiger partial charge in [-0.05, 0) is 55.4 Å².